The molecule has 45 heavy (non-hydrogen) atoms. The van der Waals surface area contributed by atoms with Gasteiger partial charge in [0.25, 0.3) is 0 Å². The largest absolute Gasteiger partial charge is 0.374 e. The monoisotopic (exact) mass is 684 g/mol. The van der Waals surface area contributed by atoms with E-state index in [1.807, 2.05) is 0 Å². The van der Waals surface area contributed by atoms with Crippen molar-refractivity contribution in [2.75, 3.05) is 27.2 Å². The minimum Gasteiger partial charge on any atom is -0.374 e. The molecule has 6 nitrogen and oxygen atoms in total. The number of aliphatic hydroxyl groups excluding tert-OH is 1. The lowest BCUT2D eigenvalue weighted by molar-refractivity contribution is -0.124. The maximum Gasteiger partial charge on any atom is 0.237 e. The lowest BCUT2D eigenvalue weighted by Gasteiger charge is -2.22. The van der Waals surface area contributed by atoms with Crippen molar-refractivity contribution < 1.29 is 27.5 Å². The van der Waals surface area contributed by atoms with Crippen LogP contribution in [0.4, 0.5) is 17.6 Å². The second kappa shape index (κ2) is 18.7. The van der Waals surface area contributed by atoms with E-state index in [0.29, 0.717) is 56.1 Å². The van der Waals surface area contributed by atoms with Crippen LogP contribution in [0, 0.1) is 35.1 Å². The van der Waals surface area contributed by atoms with Crippen molar-refractivity contribution >= 4 is 55.8 Å². The van der Waals surface area contributed by atoms with E-state index in [-0.39, 0.29) is 24.2 Å². The molecule has 3 atom stereocenters. The van der Waals surface area contributed by atoms with Gasteiger partial charge in [0.05, 0.1) is 0 Å². The van der Waals surface area contributed by atoms with Crippen molar-refractivity contribution in [3.8, 4) is 0 Å². The van der Waals surface area contributed by atoms with Crippen LogP contribution in [0.5, 0.6) is 0 Å². The van der Waals surface area contributed by atoms with Crippen LogP contribution in [0.25, 0.3) is 0 Å². The Hall–Kier alpha value is -2.30. The zero-order chi connectivity index (χ0) is 33.8. The van der Waals surface area contributed by atoms with Crippen LogP contribution in [0.3, 0.4) is 0 Å². The third kappa shape index (κ3) is 12.8. The van der Waals surface area contributed by atoms with Crippen LogP contribution in [0.2, 0.25) is 10.6 Å². The number of carbonyl (C=O) groups is 1. The van der Waals surface area contributed by atoms with Crippen molar-refractivity contribution in [1.82, 2.24) is 20.4 Å². The first-order valence-corrected chi connectivity index (χ1v) is 18.1. The van der Waals surface area contributed by atoms with E-state index in [0.717, 1.165) is 24.0 Å². The van der Waals surface area contributed by atoms with Gasteiger partial charge in [-0.1, -0.05) is 50.1 Å². The van der Waals surface area contributed by atoms with Gasteiger partial charge in [-0.25, -0.2) is 17.6 Å². The first-order valence-electron chi connectivity index (χ1n) is 15.3. The number of aliphatic hydroxyl groups is 1. The molecule has 4 rings (SSSR count). The molecule has 0 saturated carbocycles. The van der Waals surface area contributed by atoms with Gasteiger partial charge in [-0.15, -0.1) is 0 Å². The number of nitrogens with one attached hydrogen (secondary N) is 2. The van der Waals surface area contributed by atoms with E-state index >= 15 is 0 Å². The molecule has 2 aliphatic heterocycles. The number of likely N-dealkylation sites (tertiary alicyclic amines) is 2. The summed E-state index contributed by atoms with van der Waals surface area (Å²) in [6, 6.07) is 6.76. The Labute approximate surface area is 281 Å². The van der Waals surface area contributed by atoms with Gasteiger partial charge in [0.2, 0.25) is 21.1 Å². The Morgan fingerprint density at radius 3 is 1.69 bits per heavy atom. The van der Waals surface area contributed by atoms with Crippen molar-refractivity contribution in [2.24, 2.45) is 11.8 Å². The highest BCUT2D eigenvalue weighted by Gasteiger charge is 2.34. The highest BCUT2D eigenvalue weighted by Crippen LogP contribution is 2.32. The number of nitrogens with zero attached hydrogens (tertiary/aromatic N) is 2. The van der Waals surface area contributed by atoms with Gasteiger partial charge in [0.1, 0.15) is 29.5 Å². The number of halogens is 4. The summed E-state index contributed by atoms with van der Waals surface area (Å²) in [4.78, 5) is 14.8. The number of hydrogen-bond acceptors (Lipinski definition) is 4. The molecule has 2 aromatic carbocycles. The van der Waals surface area contributed by atoms with Crippen molar-refractivity contribution in [1.29, 1.82) is 0 Å². The average molecular weight is 685 g/mol. The molecule has 0 aromatic heterocycles. The molecule has 0 aliphatic carbocycles. The second-order valence-electron chi connectivity index (χ2n) is 12.2. The summed E-state index contributed by atoms with van der Waals surface area (Å²) in [5.74, 6) is -1.05. The van der Waals surface area contributed by atoms with Crippen LogP contribution < -0.4 is 10.6 Å². The summed E-state index contributed by atoms with van der Waals surface area (Å²) in [6.45, 7) is 10.1. The smallest absolute Gasteiger partial charge is 0.237 e. The molecule has 0 spiro atoms. The molecule has 248 valence electrons. The number of benzene rings is 2. The van der Waals surface area contributed by atoms with Gasteiger partial charge in [-0.05, 0) is 59.8 Å². The molecule has 2 heterocycles. The van der Waals surface area contributed by atoms with E-state index in [4.69, 9.17) is 24.4 Å². The maximum atomic E-state index is 13.1. The van der Waals surface area contributed by atoms with E-state index < -0.39 is 29.5 Å². The first-order chi connectivity index (χ1) is 21.1. The maximum absolute atomic E-state index is 13.1. The molecule has 2 aromatic rings. The summed E-state index contributed by atoms with van der Waals surface area (Å²) in [6.07, 6.45) is -0.101. The summed E-state index contributed by atoms with van der Waals surface area (Å²) < 4.78 is 52.5. The fourth-order valence-corrected chi connectivity index (χ4v) is 7.48. The van der Waals surface area contributed by atoms with Gasteiger partial charge in [0, 0.05) is 64.0 Å². The Kier molecular flexibility index (Phi) is 16.2. The molecular weight excluding hydrogens is 639 g/mol. The Balaban J connectivity index is 0.000000250. The quantitative estimate of drug-likeness (QED) is 0.198. The molecule has 1 amide bonds. The van der Waals surface area contributed by atoms with Crippen molar-refractivity contribution in [3.63, 3.8) is 0 Å². The molecule has 2 saturated heterocycles. The molecule has 3 N–H and O–H groups in total. The zero-order valence-electron chi connectivity index (χ0n) is 26.9. The minimum absolute atomic E-state index is 0.128. The fraction of sp³-hybridized carbons (Fsp3) is 0.531. The van der Waals surface area contributed by atoms with Gasteiger partial charge in [-0.3, -0.25) is 9.69 Å². The SMILES string of the molecule is CC(C)[CH2][AlH][CH2]C(C)C.CNC(=S)N1CC(c2cc(F)cc(F)c2)CC1=O.CNC(=S)N1CC(c2cc(F)cc(F)c2)CC1O. The van der Waals surface area contributed by atoms with E-state index in [1.54, 1.807) is 19.0 Å². The van der Waals surface area contributed by atoms with E-state index in [2.05, 4.69) is 38.3 Å². The summed E-state index contributed by atoms with van der Waals surface area (Å²) in [5, 5.41) is 19.2. The molecule has 2 aliphatic rings. The van der Waals surface area contributed by atoms with Gasteiger partial charge in [0.15, 0.2) is 10.2 Å². The molecule has 2 fully saturated rings. The van der Waals surface area contributed by atoms with Crippen LogP contribution >= 0.6 is 24.4 Å². The topological polar surface area (TPSA) is 67.8 Å². The van der Waals surface area contributed by atoms with Crippen LogP contribution in [-0.2, 0) is 4.79 Å². The third-order valence-electron chi connectivity index (χ3n) is 7.61. The van der Waals surface area contributed by atoms with Crippen LogP contribution in [-0.4, -0.2) is 79.7 Å². The van der Waals surface area contributed by atoms with Crippen LogP contribution in [0.1, 0.15) is 63.5 Å². The first kappa shape index (κ1) is 38.9. The second-order valence-corrected chi connectivity index (χ2v) is 14.8. The average Bonchev–Trinajstić information content (AvgIpc) is 3.54. The zero-order valence-corrected chi connectivity index (χ0v) is 29.9. The lowest BCUT2D eigenvalue weighted by Crippen LogP contribution is -2.41. The molecule has 13 heteroatoms. The summed E-state index contributed by atoms with van der Waals surface area (Å²) in [7, 11) is 3.30. The summed E-state index contributed by atoms with van der Waals surface area (Å²) in [5.41, 5.74) is 1.04. The number of rotatable bonds is 6. The summed E-state index contributed by atoms with van der Waals surface area (Å²) >= 11 is 10.4. The van der Waals surface area contributed by atoms with Crippen molar-refractivity contribution in [3.05, 3.63) is 70.8 Å². The van der Waals surface area contributed by atoms with Gasteiger partial charge in [-0.2, -0.15) is 0 Å². The number of thiocarbonyl (C=S) groups is 2. The van der Waals surface area contributed by atoms with Gasteiger partial charge >= 0.3 is 0 Å². The van der Waals surface area contributed by atoms with Gasteiger partial charge < -0.3 is 20.6 Å². The predicted octanol–water partition coefficient (Wildman–Crippen LogP) is 5.93. The molecule has 3 unspecified atom stereocenters. The lowest BCUT2D eigenvalue weighted by atomic mass is 9.98. The minimum atomic E-state index is -0.721. The van der Waals surface area contributed by atoms with E-state index in [9.17, 15) is 27.5 Å². The number of hydrogen-bond donors (Lipinski definition) is 3. The highest BCUT2D eigenvalue weighted by molar-refractivity contribution is 7.80. The standard InChI is InChI=1S/C12H14F2N2OS.C12H12F2N2OS.2C4H9.Al.H/c2*1-15-12(18)16-6-8(4-11(16)17)7-2-9(13)5-10(14)3-7;2*1-4(2)3;;/h2-3,5,8,11,17H,4,6H2,1H3,(H,15,18);2-3,5,8H,4,6H2,1H3,(H,15,18);2*4H,1H2,2-3H3;;. The van der Waals surface area contributed by atoms with E-state index in [1.165, 1.54) is 39.7 Å². The molecule has 0 bridgehead atoms. The number of amides is 1. The molecule has 0 radical (unpaired) electrons. The van der Waals surface area contributed by atoms with Crippen LogP contribution in [0.15, 0.2) is 36.4 Å². The molecular formula is C32H45AlF4N4O2S2. The Morgan fingerprint density at radius 1 is 0.822 bits per heavy atom. The highest BCUT2D eigenvalue weighted by atomic mass is 32.1. The Bertz CT molecular complexity index is 1260. The third-order valence-corrected chi connectivity index (χ3v) is 11.6. The number of carbonyl (C=O) groups excluding carboxylic acids is 1. The van der Waals surface area contributed by atoms with Crippen molar-refractivity contribution in [2.45, 2.75) is 69.2 Å². The Morgan fingerprint density at radius 2 is 1.27 bits per heavy atom. The fourth-order valence-electron chi connectivity index (χ4n) is 5.24. The predicted molar refractivity (Wildman–Crippen MR) is 182 cm³/mol. The normalized spacial score (nSPS) is 19.1.